The highest BCUT2D eigenvalue weighted by Gasteiger charge is 2.24. The van der Waals surface area contributed by atoms with E-state index in [1.807, 2.05) is 41.5 Å². The maximum Gasteiger partial charge on any atom is 0.167 e. The molecule has 1 aromatic carbocycles. The maximum atomic E-state index is 13.7. The number of unbranched alkanes of at least 4 members (excludes halogenated alkanes) is 1. The van der Waals surface area contributed by atoms with Gasteiger partial charge in [-0.15, -0.1) is 0 Å². The minimum absolute atomic E-state index is 0.0158. The first-order valence-electron chi connectivity index (χ1n) is 8.45. The Bertz CT molecular complexity index is 405. The van der Waals surface area contributed by atoms with Crippen LogP contribution in [-0.2, 0) is 17.8 Å². The zero-order chi connectivity index (χ0) is 18.4. The molecule has 0 N–H and O–H groups in total. The Kier molecular flexibility index (Phi) is 15.2. The van der Waals surface area contributed by atoms with Crippen LogP contribution in [0.4, 0.5) is 17.6 Å². The summed E-state index contributed by atoms with van der Waals surface area (Å²) in [6.45, 7) is 11.5. The van der Waals surface area contributed by atoms with Crippen LogP contribution in [-0.4, -0.2) is 6.61 Å². The highest BCUT2D eigenvalue weighted by molar-refractivity contribution is 5.29. The van der Waals surface area contributed by atoms with Gasteiger partial charge >= 0.3 is 0 Å². The maximum absolute atomic E-state index is 13.7. The second kappa shape index (κ2) is 14.5. The largest absolute Gasteiger partial charge is 0.377 e. The molecule has 0 aliphatic rings. The molecule has 0 saturated heterocycles. The normalized spacial score (nSPS) is 9.65. The van der Waals surface area contributed by atoms with Crippen molar-refractivity contribution < 1.29 is 22.3 Å². The second-order valence-corrected chi connectivity index (χ2v) is 4.37. The van der Waals surface area contributed by atoms with Crippen LogP contribution in [0.5, 0.6) is 0 Å². The number of halogens is 4. The predicted molar refractivity (Wildman–Crippen MR) is 87.5 cm³/mol. The Morgan fingerprint density at radius 1 is 0.696 bits per heavy atom. The Morgan fingerprint density at radius 2 is 1.13 bits per heavy atom. The van der Waals surface area contributed by atoms with E-state index in [0.717, 1.165) is 0 Å². The van der Waals surface area contributed by atoms with E-state index in [0.29, 0.717) is 19.3 Å². The van der Waals surface area contributed by atoms with Crippen LogP contribution in [0.2, 0.25) is 0 Å². The first kappa shape index (κ1) is 24.2. The van der Waals surface area contributed by atoms with E-state index in [2.05, 4.69) is 0 Å². The Hall–Kier alpha value is -1.10. The molecule has 23 heavy (non-hydrogen) atoms. The molecule has 0 spiro atoms. The minimum atomic E-state index is -1.35. The van der Waals surface area contributed by atoms with Crippen molar-refractivity contribution in [1.82, 2.24) is 0 Å². The zero-order valence-electron chi connectivity index (χ0n) is 15.2. The SMILES string of the molecule is CC.CC.CCCCc1c(F)c(F)c(COCCC)c(F)c1F. The molecule has 1 rings (SSSR count). The monoisotopic (exact) mass is 338 g/mol. The highest BCUT2D eigenvalue weighted by Crippen LogP contribution is 2.26. The molecule has 0 aliphatic carbocycles. The van der Waals surface area contributed by atoms with Crippen molar-refractivity contribution in [3.8, 4) is 0 Å². The highest BCUT2D eigenvalue weighted by atomic mass is 19.2. The summed E-state index contributed by atoms with van der Waals surface area (Å²) in [6, 6.07) is 0. The fourth-order valence-corrected chi connectivity index (χ4v) is 1.74. The third-order valence-electron chi connectivity index (χ3n) is 2.82. The van der Waals surface area contributed by atoms with Gasteiger partial charge in [0.15, 0.2) is 23.3 Å². The van der Waals surface area contributed by atoms with E-state index >= 15 is 0 Å². The lowest BCUT2D eigenvalue weighted by atomic mass is 10.0. The van der Waals surface area contributed by atoms with E-state index < -0.39 is 41.0 Å². The quantitative estimate of drug-likeness (QED) is 0.310. The summed E-state index contributed by atoms with van der Waals surface area (Å²) in [7, 11) is 0. The van der Waals surface area contributed by atoms with E-state index in [1.54, 1.807) is 0 Å². The topological polar surface area (TPSA) is 9.23 Å². The summed E-state index contributed by atoms with van der Waals surface area (Å²) < 4.78 is 59.7. The van der Waals surface area contributed by atoms with Gasteiger partial charge in [-0.3, -0.25) is 0 Å². The zero-order valence-corrected chi connectivity index (χ0v) is 15.2. The van der Waals surface area contributed by atoms with Crippen LogP contribution < -0.4 is 0 Å². The fraction of sp³-hybridized carbons (Fsp3) is 0.667. The second-order valence-electron chi connectivity index (χ2n) is 4.37. The molecule has 0 atom stereocenters. The lowest BCUT2D eigenvalue weighted by molar-refractivity contribution is 0.115. The van der Waals surface area contributed by atoms with E-state index in [1.165, 1.54) is 0 Å². The van der Waals surface area contributed by atoms with Crippen molar-refractivity contribution in [3.63, 3.8) is 0 Å². The van der Waals surface area contributed by atoms with Gasteiger partial charge in [0.2, 0.25) is 0 Å². The predicted octanol–water partition coefficient (Wildman–Crippen LogP) is 6.56. The molecule has 136 valence electrons. The molecule has 0 fully saturated rings. The summed E-state index contributed by atoms with van der Waals surface area (Å²) in [5.41, 5.74) is -1.19. The van der Waals surface area contributed by atoms with Gasteiger partial charge in [0.05, 0.1) is 12.2 Å². The van der Waals surface area contributed by atoms with Crippen LogP contribution in [0.1, 0.15) is 71.9 Å². The molecule has 0 unspecified atom stereocenters. The number of rotatable bonds is 7. The number of ether oxygens (including phenoxy) is 1. The minimum Gasteiger partial charge on any atom is -0.377 e. The third-order valence-corrected chi connectivity index (χ3v) is 2.82. The molecule has 1 nitrogen and oxygen atoms in total. The van der Waals surface area contributed by atoms with Crippen molar-refractivity contribution in [2.45, 2.75) is 73.8 Å². The van der Waals surface area contributed by atoms with Gasteiger partial charge in [0, 0.05) is 12.2 Å². The van der Waals surface area contributed by atoms with Crippen LogP contribution in [0.25, 0.3) is 0 Å². The average Bonchev–Trinajstić information content (AvgIpc) is 2.60. The molecule has 0 bridgehead atoms. The Labute approximate surface area is 138 Å². The standard InChI is InChI=1S/C14H18F4O.2C2H6/c1-3-5-6-9-11(15)13(17)10(8-19-7-4-2)14(18)12(9)16;2*1-2/h3-8H2,1-2H3;2*1-2H3. The van der Waals surface area contributed by atoms with Gasteiger partial charge in [0.25, 0.3) is 0 Å². The smallest absolute Gasteiger partial charge is 0.167 e. The third kappa shape index (κ3) is 7.34. The van der Waals surface area contributed by atoms with Crippen molar-refractivity contribution in [2.75, 3.05) is 6.61 Å². The fourth-order valence-electron chi connectivity index (χ4n) is 1.74. The van der Waals surface area contributed by atoms with Gasteiger partial charge in [-0.05, 0) is 19.3 Å². The first-order chi connectivity index (χ1) is 11.0. The summed E-state index contributed by atoms with van der Waals surface area (Å²) in [6.07, 6.45) is 1.79. The number of benzene rings is 1. The average molecular weight is 338 g/mol. The van der Waals surface area contributed by atoms with E-state index in [4.69, 9.17) is 4.74 Å². The molecule has 0 saturated carbocycles. The lowest BCUT2D eigenvalue weighted by Gasteiger charge is -2.12. The van der Waals surface area contributed by atoms with E-state index in [9.17, 15) is 17.6 Å². The summed E-state index contributed by atoms with van der Waals surface area (Å²) >= 11 is 0. The summed E-state index contributed by atoms with van der Waals surface area (Å²) in [4.78, 5) is 0. The summed E-state index contributed by atoms with van der Waals surface area (Å²) in [5, 5.41) is 0. The van der Waals surface area contributed by atoms with Crippen LogP contribution in [0.3, 0.4) is 0 Å². The van der Waals surface area contributed by atoms with E-state index in [-0.39, 0.29) is 13.0 Å². The Morgan fingerprint density at radius 3 is 1.52 bits per heavy atom. The van der Waals surface area contributed by atoms with Crippen molar-refractivity contribution >= 4 is 0 Å². The summed E-state index contributed by atoms with van der Waals surface area (Å²) in [5.74, 6) is -5.30. The molecule has 0 aromatic heterocycles. The van der Waals surface area contributed by atoms with Gasteiger partial charge in [-0.25, -0.2) is 17.6 Å². The van der Waals surface area contributed by atoms with Crippen LogP contribution in [0, 0.1) is 23.3 Å². The van der Waals surface area contributed by atoms with Gasteiger partial charge in [-0.1, -0.05) is 48.0 Å². The van der Waals surface area contributed by atoms with Gasteiger partial charge < -0.3 is 4.74 Å². The molecule has 0 aliphatic heterocycles. The van der Waals surface area contributed by atoms with Crippen molar-refractivity contribution in [1.29, 1.82) is 0 Å². The van der Waals surface area contributed by atoms with Gasteiger partial charge in [-0.2, -0.15) is 0 Å². The van der Waals surface area contributed by atoms with Crippen molar-refractivity contribution in [3.05, 3.63) is 34.4 Å². The lowest BCUT2D eigenvalue weighted by Crippen LogP contribution is -2.10. The van der Waals surface area contributed by atoms with Crippen LogP contribution >= 0.6 is 0 Å². The molecular formula is C18H30F4O. The molecule has 5 heteroatoms. The van der Waals surface area contributed by atoms with Gasteiger partial charge in [0.1, 0.15) is 0 Å². The number of hydrogen-bond donors (Lipinski definition) is 0. The molecule has 0 amide bonds. The van der Waals surface area contributed by atoms with Crippen molar-refractivity contribution in [2.24, 2.45) is 0 Å². The Balaban J connectivity index is 0. The first-order valence-corrected chi connectivity index (χ1v) is 8.45. The van der Waals surface area contributed by atoms with Crippen LogP contribution in [0.15, 0.2) is 0 Å². The number of hydrogen-bond acceptors (Lipinski definition) is 1. The molecule has 0 heterocycles. The molecular weight excluding hydrogens is 308 g/mol. The molecule has 0 radical (unpaired) electrons. The molecule has 1 aromatic rings.